The molecule has 24 heavy (non-hydrogen) atoms. The molecule has 2 heterocycles. The molecule has 0 radical (unpaired) electrons. The summed E-state index contributed by atoms with van der Waals surface area (Å²) in [7, 11) is 0. The Balaban J connectivity index is 1.28. The van der Waals surface area contributed by atoms with E-state index in [0.717, 1.165) is 63.4 Å². The van der Waals surface area contributed by atoms with Gasteiger partial charge in [-0.15, -0.1) is 0 Å². The highest BCUT2D eigenvalue weighted by Gasteiger charge is 2.16. The SMILES string of the molecule is CC(CCc1ccc2c(c1)OCO2)NCCCN1CCC(O)CC1. The first-order valence-electron chi connectivity index (χ1n) is 9.23. The molecule has 1 aromatic carbocycles. The number of hydrogen-bond acceptors (Lipinski definition) is 5. The molecule has 0 saturated carbocycles. The van der Waals surface area contributed by atoms with Gasteiger partial charge < -0.3 is 24.8 Å². The first-order valence-corrected chi connectivity index (χ1v) is 9.23. The Labute approximate surface area is 144 Å². The summed E-state index contributed by atoms with van der Waals surface area (Å²) in [6, 6.07) is 6.74. The van der Waals surface area contributed by atoms with Crippen molar-refractivity contribution in [3.8, 4) is 11.5 Å². The highest BCUT2D eigenvalue weighted by Crippen LogP contribution is 2.32. The maximum absolute atomic E-state index is 9.52. The lowest BCUT2D eigenvalue weighted by Gasteiger charge is -2.29. The molecule has 0 aliphatic carbocycles. The van der Waals surface area contributed by atoms with E-state index in [1.54, 1.807) is 0 Å². The van der Waals surface area contributed by atoms with E-state index in [2.05, 4.69) is 29.3 Å². The van der Waals surface area contributed by atoms with E-state index in [0.29, 0.717) is 12.8 Å². The molecule has 5 heteroatoms. The van der Waals surface area contributed by atoms with Crippen LogP contribution in [0.4, 0.5) is 0 Å². The molecule has 0 amide bonds. The van der Waals surface area contributed by atoms with E-state index in [-0.39, 0.29) is 6.10 Å². The predicted molar refractivity (Wildman–Crippen MR) is 94.6 cm³/mol. The fraction of sp³-hybridized carbons (Fsp3) is 0.684. The molecule has 0 spiro atoms. The number of nitrogens with one attached hydrogen (secondary N) is 1. The number of fused-ring (bicyclic) bond motifs is 1. The summed E-state index contributed by atoms with van der Waals surface area (Å²) in [4.78, 5) is 2.46. The number of nitrogens with zero attached hydrogens (tertiary/aromatic N) is 1. The zero-order chi connectivity index (χ0) is 16.8. The summed E-state index contributed by atoms with van der Waals surface area (Å²) in [5.41, 5.74) is 1.31. The van der Waals surface area contributed by atoms with Gasteiger partial charge in [-0.3, -0.25) is 0 Å². The van der Waals surface area contributed by atoms with Crippen LogP contribution in [0.25, 0.3) is 0 Å². The van der Waals surface area contributed by atoms with Gasteiger partial charge in [-0.1, -0.05) is 6.07 Å². The van der Waals surface area contributed by atoms with Crippen LogP contribution in [-0.2, 0) is 6.42 Å². The van der Waals surface area contributed by atoms with Gasteiger partial charge in [0.2, 0.25) is 6.79 Å². The molecule has 2 N–H and O–H groups in total. The predicted octanol–water partition coefficient (Wildman–Crippen LogP) is 2.17. The Kier molecular flexibility index (Phi) is 6.35. The Morgan fingerprint density at radius 1 is 1.25 bits per heavy atom. The Hall–Kier alpha value is -1.30. The average molecular weight is 334 g/mol. The number of aliphatic hydroxyl groups excluding tert-OH is 1. The number of ether oxygens (including phenoxy) is 2. The van der Waals surface area contributed by atoms with Crippen molar-refractivity contribution >= 4 is 0 Å². The van der Waals surface area contributed by atoms with E-state index in [1.807, 2.05) is 6.07 Å². The lowest BCUT2D eigenvalue weighted by atomic mass is 10.1. The molecule has 3 rings (SSSR count). The molecule has 0 bridgehead atoms. The molecule has 1 saturated heterocycles. The van der Waals surface area contributed by atoms with Crippen molar-refractivity contribution in [3.63, 3.8) is 0 Å². The number of aryl methyl sites for hydroxylation is 1. The van der Waals surface area contributed by atoms with Crippen LogP contribution in [-0.4, -0.2) is 55.1 Å². The fourth-order valence-corrected chi connectivity index (χ4v) is 3.38. The van der Waals surface area contributed by atoms with E-state index >= 15 is 0 Å². The van der Waals surface area contributed by atoms with E-state index in [4.69, 9.17) is 9.47 Å². The van der Waals surface area contributed by atoms with Crippen molar-refractivity contribution in [2.75, 3.05) is 33.0 Å². The molecule has 5 nitrogen and oxygen atoms in total. The molecule has 1 atom stereocenters. The highest BCUT2D eigenvalue weighted by molar-refractivity contribution is 5.44. The molecule has 2 aliphatic heterocycles. The van der Waals surface area contributed by atoms with Crippen LogP contribution >= 0.6 is 0 Å². The summed E-state index contributed by atoms with van der Waals surface area (Å²) in [6.07, 6.45) is 5.13. The van der Waals surface area contributed by atoms with Gasteiger partial charge in [-0.2, -0.15) is 0 Å². The van der Waals surface area contributed by atoms with Gasteiger partial charge >= 0.3 is 0 Å². The summed E-state index contributed by atoms with van der Waals surface area (Å²) in [5, 5.41) is 13.1. The molecule has 2 aliphatic rings. The van der Waals surface area contributed by atoms with Gasteiger partial charge in [0, 0.05) is 19.1 Å². The van der Waals surface area contributed by atoms with Crippen LogP contribution in [0.3, 0.4) is 0 Å². The summed E-state index contributed by atoms with van der Waals surface area (Å²) < 4.78 is 10.8. The molecule has 134 valence electrons. The molecule has 1 fully saturated rings. The van der Waals surface area contributed by atoms with Gasteiger partial charge in [0.15, 0.2) is 11.5 Å². The van der Waals surface area contributed by atoms with Crippen LogP contribution in [0.15, 0.2) is 18.2 Å². The molecule has 1 aromatic rings. The maximum atomic E-state index is 9.52. The minimum absolute atomic E-state index is 0.0735. The van der Waals surface area contributed by atoms with Gasteiger partial charge in [-0.25, -0.2) is 0 Å². The van der Waals surface area contributed by atoms with E-state index < -0.39 is 0 Å². The monoisotopic (exact) mass is 334 g/mol. The van der Waals surface area contributed by atoms with Crippen molar-refractivity contribution in [3.05, 3.63) is 23.8 Å². The first kappa shape index (κ1) is 17.5. The Morgan fingerprint density at radius 3 is 2.88 bits per heavy atom. The van der Waals surface area contributed by atoms with Gasteiger partial charge in [0.25, 0.3) is 0 Å². The second-order valence-electron chi connectivity index (χ2n) is 7.01. The number of benzene rings is 1. The van der Waals surface area contributed by atoms with Crippen molar-refractivity contribution in [2.24, 2.45) is 0 Å². The lowest BCUT2D eigenvalue weighted by Crippen LogP contribution is -2.38. The molecular weight excluding hydrogens is 304 g/mol. The molecule has 1 unspecified atom stereocenters. The summed E-state index contributed by atoms with van der Waals surface area (Å²) in [5.74, 6) is 1.73. The number of likely N-dealkylation sites (tertiary alicyclic amines) is 1. The number of rotatable bonds is 8. The Morgan fingerprint density at radius 2 is 2.04 bits per heavy atom. The number of aliphatic hydroxyl groups is 1. The van der Waals surface area contributed by atoms with Crippen molar-refractivity contribution in [1.82, 2.24) is 10.2 Å². The maximum Gasteiger partial charge on any atom is 0.231 e. The van der Waals surface area contributed by atoms with E-state index in [1.165, 1.54) is 12.0 Å². The van der Waals surface area contributed by atoms with Gasteiger partial charge in [0.05, 0.1) is 6.10 Å². The van der Waals surface area contributed by atoms with Gasteiger partial charge in [-0.05, 0) is 69.8 Å². The summed E-state index contributed by atoms with van der Waals surface area (Å²) >= 11 is 0. The minimum atomic E-state index is -0.0735. The summed E-state index contributed by atoms with van der Waals surface area (Å²) in [6.45, 7) is 6.87. The van der Waals surface area contributed by atoms with Crippen molar-refractivity contribution in [2.45, 2.75) is 51.2 Å². The number of piperidine rings is 1. The van der Waals surface area contributed by atoms with Gasteiger partial charge in [0.1, 0.15) is 0 Å². The van der Waals surface area contributed by atoms with Crippen molar-refractivity contribution < 1.29 is 14.6 Å². The third-order valence-corrected chi connectivity index (χ3v) is 5.00. The quantitative estimate of drug-likeness (QED) is 0.714. The third kappa shape index (κ3) is 5.10. The molecule has 0 aromatic heterocycles. The van der Waals surface area contributed by atoms with Crippen LogP contribution in [0.1, 0.15) is 38.2 Å². The number of hydrogen-bond donors (Lipinski definition) is 2. The third-order valence-electron chi connectivity index (χ3n) is 5.00. The van der Waals surface area contributed by atoms with Crippen LogP contribution in [0.5, 0.6) is 11.5 Å². The lowest BCUT2D eigenvalue weighted by molar-refractivity contribution is 0.0820. The minimum Gasteiger partial charge on any atom is -0.454 e. The average Bonchev–Trinajstić information content (AvgIpc) is 3.06. The fourth-order valence-electron chi connectivity index (χ4n) is 3.38. The molecular formula is C19H30N2O3. The van der Waals surface area contributed by atoms with E-state index in [9.17, 15) is 5.11 Å². The zero-order valence-corrected chi connectivity index (χ0v) is 14.7. The smallest absolute Gasteiger partial charge is 0.231 e. The van der Waals surface area contributed by atoms with Crippen molar-refractivity contribution in [1.29, 1.82) is 0 Å². The normalized spacial score (nSPS) is 19.6. The Bertz CT molecular complexity index is 515. The zero-order valence-electron chi connectivity index (χ0n) is 14.7. The highest BCUT2D eigenvalue weighted by atomic mass is 16.7. The second kappa shape index (κ2) is 8.70. The second-order valence-corrected chi connectivity index (χ2v) is 7.01. The largest absolute Gasteiger partial charge is 0.454 e. The van der Waals surface area contributed by atoms with Crippen LogP contribution in [0.2, 0.25) is 0 Å². The standard InChI is InChI=1S/C19H30N2O3/c1-15(20-9-2-10-21-11-7-17(22)8-12-21)3-4-16-5-6-18-19(13-16)24-14-23-18/h5-6,13,15,17,20,22H,2-4,7-12,14H2,1H3. The van der Waals surface area contributed by atoms with Crippen LogP contribution < -0.4 is 14.8 Å². The topological polar surface area (TPSA) is 54.0 Å². The van der Waals surface area contributed by atoms with Crippen LogP contribution in [0, 0.1) is 0 Å². The first-order chi connectivity index (χ1) is 11.7.